The minimum absolute atomic E-state index is 0.00399. The lowest BCUT2D eigenvalue weighted by Gasteiger charge is -2.24. The first-order valence-electron chi connectivity index (χ1n) is 11.0. The average molecular weight is 479 g/mol. The van der Waals surface area contributed by atoms with Crippen LogP contribution in [0.3, 0.4) is 0 Å². The quantitative estimate of drug-likeness (QED) is 0.253. The number of aromatic hydroxyl groups is 1. The van der Waals surface area contributed by atoms with E-state index in [1.54, 1.807) is 19.1 Å². The van der Waals surface area contributed by atoms with Crippen LogP contribution in [-0.2, 0) is 0 Å². The molecule has 182 valence electrons. The summed E-state index contributed by atoms with van der Waals surface area (Å²) in [7, 11) is 1.50. The third kappa shape index (κ3) is 4.42. The molecule has 4 rings (SSSR count). The second-order valence-corrected chi connectivity index (χ2v) is 8.71. The number of furan rings is 1. The first-order valence-corrected chi connectivity index (χ1v) is 11.0. The zero-order valence-corrected chi connectivity index (χ0v) is 20.0. The van der Waals surface area contributed by atoms with Crippen molar-refractivity contribution in [3.05, 3.63) is 79.7 Å². The number of hydrogen-bond donors (Lipinski definition) is 3. The van der Waals surface area contributed by atoms with Gasteiger partial charge in [0.25, 0.3) is 16.8 Å². The molecule has 0 bridgehead atoms. The number of hydrogen-bond acceptors (Lipinski definition) is 9. The van der Waals surface area contributed by atoms with Crippen molar-refractivity contribution >= 4 is 28.8 Å². The summed E-state index contributed by atoms with van der Waals surface area (Å²) in [5.74, 6) is 1.33. The molecule has 0 aliphatic rings. The van der Waals surface area contributed by atoms with Gasteiger partial charge in [0.15, 0.2) is 11.6 Å². The first kappa shape index (κ1) is 23.8. The Morgan fingerprint density at radius 2 is 1.77 bits per heavy atom. The van der Waals surface area contributed by atoms with Crippen LogP contribution in [0.2, 0.25) is 0 Å². The molecule has 0 aliphatic carbocycles. The number of carbonyl (C=O) groups is 1. The fourth-order valence-corrected chi connectivity index (χ4v) is 3.74. The van der Waals surface area contributed by atoms with Crippen LogP contribution in [0.25, 0.3) is 0 Å². The summed E-state index contributed by atoms with van der Waals surface area (Å²) < 4.78 is 10.7. The fourth-order valence-electron chi connectivity index (χ4n) is 3.74. The van der Waals surface area contributed by atoms with E-state index >= 15 is 0 Å². The molecule has 0 saturated carbocycles. The Labute approximate surface area is 200 Å². The number of benzene rings is 1. The van der Waals surface area contributed by atoms with Gasteiger partial charge in [0, 0.05) is 13.1 Å². The number of para-hydroxylation sites is 1. The maximum atomic E-state index is 13.0. The van der Waals surface area contributed by atoms with Crippen molar-refractivity contribution in [1.82, 2.24) is 5.16 Å². The van der Waals surface area contributed by atoms with Crippen LogP contribution in [0.1, 0.15) is 47.5 Å². The normalized spacial score (nSPS) is 12.2. The van der Waals surface area contributed by atoms with Crippen molar-refractivity contribution in [2.45, 2.75) is 33.7 Å². The van der Waals surface area contributed by atoms with Crippen molar-refractivity contribution < 1.29 is 18.8 Å². The van der Waals surface area contributed by atoms with Gasteiger partial charge in [-0.05, 0) is 44.0 Å². The standard InChI is InChI=1S/C25H26N4O6/c1-12(2)19(17-10-9-13(3)34-17)27-21-20(23(31)24(21)32)26-16-8-6-7-15(22(16)30)25(33)29(5)18-11-14(4)35-28-18/h6-12,19,26-27,30H,1-5H3/t19-/m1/s1. The topological polar surface area (TPSA) is 138 Å². The van der Waals surface area contributed by atoms with E-state index < -0.39 is 16.8 Å². The Kier molecular flexibility index (Phi) is 6.21. The number of anilines is 4. The van der Waals surface area contributed by atoms with Crippen LogP contribution in [0, 0.1) is 19.8 Å². The molecule has 0 radical (unpaired) electrons. The second kappa shape index (κ2) is 9.13. The number of phenols is 1. The molecule has 35 heavy (non-hydrogen) atoms. The maximum Gasteiger partial charge on any atom is 0.263 e. The van der Waals surface area contributed by atoms with Gasteiger partial charge in [-0.15, -0.1) is 0 Å². The lowest BCUT2D eigenvalue weighted by Crippen LogP contribution is -2.38. The fraction of sp³-hybridized carbons (Fsp3) is 0.280. The van der Waals surface area contributed by atoms with Gasteiger partial charge in [-0.1, -0.05) is 25.1 Å². The van der Waals surface area contributed by atoms with Gasteiger partial charge in [0.05, 0.1) is 17.3 Å². The molecule has 10 heteroatoms. The van der Waals surface area contributed by atoms with Gasteiger partial charge in [-0.3, -0.25) is 19.3 Å². The number of rotatable bonds is 8. The van der Waals surface area contributed by atoms with Gasteiger partial charge >= 0.3 is 0 Å². The summed E-state index contributed by atoms with van der Waals surface area (Å²) >= 11 is 0. The zero-order chi connectivity index (χ0) is 25.4. The number of nitrogens with zero attached hydrogens (tertiary/aromatic N) is 2. The highest BCUT2D eigenvalue weighted by Crippen LogP contribution is 2.34. The van der Waals surface area contributed by atoms with Crippen LogP contribution in [0.15, 0.2) is 54.9 Å². The van der Waals surface area contributed by atoms with E-state index in [-0.39, 0.29) is 46.2 Å². The Balaban J connectivity index is 1.61. The van der Waals surface area contributed by atoms with Crippen molar-refractivity contribution in [3.63, 3.8) is 0 Å². The van der Waals surface area contributed by atoms with Crippen LogP contribution < -0.4 is 26.4 Å². The third-order valence-corrected chi connectivity index (χ3v) is 5.73. The number of nitrogens with one attached hydrogen (secondary N) is 2. The van der Waals surface area contributed by atoms with E-state index in [1.165, 1.54) is 24.1 Å². The molecule has 0 aliphatic heterocycles. The molecule has 0 saturated heterocycles. The van der Waals surface area contributed by atoms with E-state index in [0.717, 1.165) is 5.76 Å². The number of amides is 1. The Bertz CT molecular complexity index is 1460. The predicted molar refractivity (Wildman–Crippen MR) is 131 cm³/mol. The molecule has 1 amide bonds. The largest absolute Gasteiger partial charge is 0.505 e. The lowest BCUT2D eigenvalue weighted by molar-refractivity contribution is 0.0989. The SMILES string of the molecule is Cc1cc(N(C)C(=O)c2cccc(Nc3c(N[C@@H](c4ccc(C)o4)C(C)C)c(=O)c3=O)c2O)no1. The maximum absolute atomic E-state index is 13.0. The molecular weight excluding hydrogens is 452 g/mol. The number of phenolic OH excluding ortho intramolecular Hbond substituents is 1. The molecule has 0 unspecified atom stereocenters. The van der Waals surface area contributed by atoms with E-state index in [9.17, 15) is 19.5 Å². The molecule has 0 fully saturated rings. The second-order valence-electron chi connectivity index (χ2n) is 8.71. The summed E-state index contributed by atoms with van der Waals surface area (Å²) in [6, 6.07) is 9.38. The molecule has 3 N–H and O–H groups in total. The molecule has 4 aromatic rings. The lowest BCUT2D eigenvalue weighted by atomic mass is 10.0. The van der Waals surface area contributed by atoms with E-state index in [0.29, 0.717) is 11.5 Å². The van der Waals surface area contributed by atoms with Gasteiger partial charge < -0.3 is 24.7 Å². The minimum Gasteiger partial charge on any atom is -0.505 e. The number of aromatic nitrogens is 1. The summed E-state index contributed by atoms with van der Waals surface area (Å²) in [4.78, 5) is 39.0. The number of aryl methyl sites for hydroxylation is 2. The predicted octanol–water partition coefficient (Wildman–Crippen LogP) is 4.02. The Morgan fingerprint density at radius 3 is 2.37 bits per heavy atom. The summed E-state index contributed by atoms with van der Waals surface area (Å²) in [5, 5.41) is 20.5. The van der Waals surface area contributed by atoms with E-state index in [2.05, 4.69) is 15.8 Å². The van der Waals surface area contributed by atoms with Crippen molar-refractivity contribution in [1.29, 1.82) is 0 Å². The number of carbonyl (C=O) groups excluding carboxylic acids is 1. The monoisotopic (exact) mass is 478 g/mol. The average Bonchev–Trinajstić information content (AvgIpc) is 3.46. The van der Waals surface area contributed by atoms with Gasteiger partial charge in [-0.2, -0.15) is 0 Å². The first-order chi connectivity index (χ1) is 16.6. The minimum atomic E-state index is -0.725. The van der Waals surface area contributed by atoms with E-state index in [4.69, 9.17) is 8.94 Å². The van der Waals surface area contributed by atoms with E-state index in [1.807, 2.05) is 32.9 Å². The highest BCUT2D eigenvalue weighted by atomic mass is 16.5. The molecule has 10 nitrogen and oxygen atoms in total. The van der Waals surface area contributed by atoms with Gasteiger partial charge in [0.2, 0.25) is 0 Å². The molecule has 0 spiro atoms. The van der Waals surface area contributed by atoms with Gasteiger partial charge in [-0.25, -0.2) is 0 Å². The smallest absolute Gasteiger partial charge is 0.263 e. The van der Waals surface area contributed by atoms with Crippen molar-refractivity contribution in [2.24, 2.45) is 5.92 Å². The van der Waals surface area contributed by atoms with Crippen LogP contribution in [-0.4, -0.2) is 23.2 Å². The molecule has 1 atom stereocenters. The Hall–Kier alpha value is -4.34. The van der Waals surface area contributed by atoms with Crippen molar-refractivity contribution in [3.8, 4) is 5.75 Å². The molecule has 2 aromatic carbocycles. The summed E-state index contributed by atoms with van der Waals surface area (Å²) in [6.45, 7) is 7.44. The van der Waals surface area contributed by atoms with Crippen molar-refractivity contribution in [2.75, 3.05) is 22.6 Å². The van der Waals surface area contributed by atoms with Crippen LogP contribution >= 0.6 is 0 Å². The van der Waals surface area contributed by atoms with Gasteiger partial charge in [0.1, 0.15) is 28.7 Å². The zero-order valence-electron chi connectivity index (χ0n) is 20.0. The molecular formula is C25H26N4O6. The Morgan fingerprint density at radius 1 is 1.06 bits per heavy atom. The highest BCUT2D eigenvalue weighted by Gasteiger charge is 2.28. The summed E-state index contributed by atoms with van der Waals surface area (Å²) in [5.41, 5.74) is -1.22. The molecule has 2 heterocycles. The summed E-state index contributed by atoms with van der Waals surface area (Å²) in [6.07, 6.45) is 0. The third-order valence-electron chi connectivity index (χ3n) is 5.73. The highest BCUT2D eigenvalue weighted by molar-refractivity contribution is 6.08. The molecule has 2 aromatic heterocycles. The van der Waals surface area contributed by atoms with Crippen LogP contribution in [0.5, 0.6) is 5.75 Å². The van der Waals surface area contributed by atoms with Crippen LogP contribution in [0.4, 0.5) is 22.9 Å².